The van der Waals surface area contributed by atoms with Crippen LogP contribution in [-0.4, -0.2) is 49.9 Å². The van der Waals surface area contributed by atoms with Crippen LogP contribution in [0.5, 0.6) is 0 Å². The van der Waals surface area contributed by atoms with Crippen molar-refractivity contribution < 1.29 is 9.59 Å². The lowest BCUT2D eigenvalue weighted by atomic mass is 9.76. The SMILES string of the molecule is CCN(CC)c1ccc(C(=O)N2CC(C(=O)NC)C3(CCCC3)C2)cc1. The highest BCUT2D eigenvalue weighted by atomic mass is 16.2. The summed E-state index contributed by atoms with van der Waals surface area (Å²) < 4.78 is 0. The Morgan fingerprint density at radius 2 is 1.77 bits per heavy atom. The summed E-state index contributed by atoms with van der Waals surface area (Å²) in [6.45, 7) is 7.41. The van der Waals surface area contributed by atoms with Gasteiger partial charge in [-0.15, -0.1) is 0 Å². The summed E-state index contributed by atoms with van der Waals surface area (Å²) in [6.07, 6.45) is 4.42. The van der Waals surface area contributed by atoms with E-state index in [1.165, 1.54) is 0 Å². The molecular weight excluding hydrogens is 326 g/mol. The third-order valence-corrected chi connectivity index (χ3v) is 6.34. The van der Waals surface area contributed by atoms with Crippen LogP contribution in [0.15, 0.2) is 24.3 Å². The molecule has 1 aliphatic carbocycles. The van der Waals surface area contributed by atoms with Gasteiger partial charge in [-0.25, -0.2) is 0 Å². The third-order valence-electron chi connectivity index (χ3n) is 6.34. The molecule has 0 aromatic heterocycles. The molecule has 1 atom stereocenters. The summed E-state index contributed by atoms with van der Waals surface area (Å²) >= 11 is 0. The molecule has 5 nitrogen and oxygen atoms in total. The molecule has 2 amide bonds. The van der Waals surface area contributed by atoms with Gasteiger partial charge in [-0.1, -0.05) is 12.8 Å². The van der Waals surface area contributed by atoms with Crippen molar-refractivity contribution >= 4 is 17.5 Å². The fourth-order valence-corrected chi connectivity index (χ4v) is 4.83. The molecule has 142 valence electrons. The van der Waals surface area contributed by atoms with Gasteiger partial charge in [0.15, 0.2) is 0 Å². The molecule has 2 fully saturated rings. The molecule has 0 radical (unpaired) electrons. The number of carbonyl (C=O) groups excluding carboxylic acids is 2. The predicted molar refractivity (Wildman–Crippen MR) is 104 cm³/mol. The second kappa shape index (κ2) is 7.68. The van der Waals surface area contributed by atoms with E-state index in [-0.39, 0.29) is 23.1 Å². The van der Waals surface area contributed by atoms with Gasteiger partial charge in [-0.2, -0.15) is 0 Å². The van der Waals surface area contributed by atoms with Crippen LogP contribution in [0, 0.1) is 11.3 Å². The highest BCUT2D eigenvalue weighted by Gasteiger charge is 2.52. The van der Waals surface area contributed by atoms with Gasteiger partial charge in [-0.3, -0.25) is 9.59 Å². The molecule has 1 unspecified atom stereocenters. The van der Waals surface area contributed by atoms with Crippen LogP contribution >= 0.6 is 0 Å². The Kier molecular flexibility index (Phi) is 5.54. The molecule has 2 aliphatic rings. The van der Waals surface area contributed by atoms with Crippen LogP contribution < -0.4 is 10.2 Å². The highest BCUT2D eigenvalue weighted by molar-refractivity contribution is 5.95. The average Bonchev–Trinajstić information content (AvgIpc) is 3.30. The summed E-state index contributed by atoms with van der Waals surface area (Å²) in [5.41, 5.74) is 1.84. The highest BCUT2D eigenvalue weighted by Crippen LogP contribution is 2.49. The van der Waals surface area contributed by atoms with Crippen LogP contribution in [0.1, 0.15) is 49.9 Å². The fraction of sp³-hybridized carbons (Fsp3) is 0.619. The Balaban J connectivity index is 1.77. The summed E-state index contributed by atoms with van der Waals surface area (Å²) in [4.78, 5) is 29.6. The largest absolute Gasteiger partial charge is 0.372 e. The lowest BCUT2D eigenvalue weighted by Gasteiger charge is -2.28. The second-order valence-electron chi connectivity index (χ2n) is 7.64. The van der Waals surface area contributed by atoms with Crippen molar-refractivity contribution in [2.45, 2.75) is 39.5 Å². The van der Waals surface area contributed by atoms with E-state index in [1.54, 1.807) is 7.05 Å². The summed E-state index contributed by atoms with van der Waals surface area (Å²) in [5, 5.41) is 2.81. The van der Waals surface area contributed by atoms with Crippen molar-refractivity contribution in [3.8, 4) is 0 Å². The van der Waals surface area contributed by atoms with E-state index < -0.39 is 0 Å². The van der Waals surface area contributed by atoms with Crippen molar-refractivity contribution in [3.63, 3.8) is 0 Å². The topological polar surface area (TPSA) is 52.7 Å². The number of nitrogens with one attached hydrogen (secondary N) is 1. The molecule has 0 bridgehead atoms. The van der Waals surface area contributed by atoms with Gasteiger partial charge in [0.05, 0.1) is 5.92 Å². The second-order valence-corrected chi connectivity index (χ2v) is 7.64. The number of hydrogen-bond acceptors (Lipinski definition) is 3. The van der Waals surface area contributed by atoms with Gasteiger partial charge in [-0.05, 0) is 51.0 Å². The lowest BCUT2D eigenvalue weighted by Crippen LogP contribution is -2.38. The van der Waals surface area contributed by atoms with E-state index in [0.29, 0.717) is 18.7 Å². The van der Waals surface area contributed by atoms with E-state index in [1.807, 2.05) is 29.2 Å². The third kappa shape index (κ3) is 3.31. The summed E-state index contributed by atoms with van der Waals surface area (Å²) in [6, 6.07) is 7.89. The molecule has 1 saturated heterocycles. The van der Waals surface area contributed by atoms with Crippen molar-refractivity contribution in [2.75, 3.05) is 38.1 Å². The minimum absolute atomic E-state index is 0.0169. The molecule has 1 N–H and O–H groups in total. The average molecular weight is 357 g/mol. The summed E-state index contributed by atoms with van der Waals surface area (Å²) in [7, 11) is 1.70. The molecule has 5 heteroatoms. The normalized spacial score (nSPS) is 21.2. The first-order valence-electron chi connectivity index (χ1n) is 9.90. The van der Waals surface area contributed by atoms with Crippen molar-refractivity contribution in [1.82, 2.24) is 10.2 Å². The molecule has 1 aliphatic heterocycles. The Morgan fingerprint density at radius 1 is 1.15 bits per heavy atom. The van der Waals surface area contributed by atoms with E-state index in [4.69, 9.17) is 0 Å². The number of rotatable bonds is 5. The monoisotopic (exact) mass is 357 g/mol. The smallest absolute Gasteiger partial charge is 0.253 e. The standard InChI is InChI=1S/C21H31N3O2/c1-4-23(5-2)17-10-8-16(9-11-17)20(26)24-14-18(19(25)22-3)21(15-24)12-6-7-13-21/h8-11,18H,4-7,12-15H2,1-3H3,(H,22,25). The van der Waals surface area contributed by atoms with E-state index in [0.717, 1.165) is 44.5 Å². The van der Waals surface area contributed by atoms with Gasteiger partial charge in [0, 0.05) is 49.9 Å². The van der Waals surface area contributed by atoms with Crippen molar-refractivity contribution in [1.29, 1.82) is 0 Å². The number of carbonyl (C=O) groups is 2. The van der Waals surface area contributed by atoms with E-state index in [2.05, 4.69) is 24.1 Å². The first-order chi connectivity index (χ1) is 12.5. The number of hydrogen-bond donors (Lipinski definition) is 1. The molecule has 1 aromatic carbocycles. The van der Waals surface area contributed by atoms with Crippen LogP contribution in [0.3, 0.4) is 0 Å². The zero-order valence-corrected chi connectivity index (χ0v) is 16.3. The quantitative estimate of drug-likeness (QED) is 0.881. The fourth-order valence-electron chi connectivity index (χ4n) is 4.83. The maximum absolute atomic E-state index is 13.0. The maximum Gasteiger partial charge on any atom is 0.253 e. The van der Waals surface area contributed by atoms with Crippen LogP contribution in [-0.2, 0) is 4.79 Å². The zero-order chi connectivity index (χ0) is 18.7. The number of nitrogens with zero attached hydrogens (tertiary/aromatic N) is 2. The number of amides is 2. The first kappa shape index (κ1) is 18.7. The molecule has 1 saturated carbocycles. The van der Waals surface area contributed by atoms with E-state index >= 15 is 0 Å². The molecule has 3 rings (SSSR count). The zero-order valence-electron chi connectivity index (χ0n) is 16.3. The molecular formula is C21H31N3O2. The number of anilines is 1. The molecule has 1 spiro atoms. The van der Waals surface area contributed by atoms with Gasteiger partial charge < -0.3 is 15.1 Å². The Labute approximate surface area is 156 Å². The van der Waals surface area contributed by atoms with Gasteiger partial charge in [0.2, 0.25) is 5.91 Å². The van der Waals surface area contributed by atoms with Gasteiger partial charge >= 0.3 is 0 Å². The predicted octanol–water partition coefficient (Wildman–Crippen LogP) is 2.91. The minimum atomic E-state index is -0.0751. The maximum atomic E-state index is 13.0. The molecule has 26 heavy (non-hydrogen) atoms. The summed E-state index contributed by atoms with van der Waals surface area (Å²) in [5.74, 6) is 0.0572. The minimum Gasteiger partial charge on any atom is -0.372 e. The Morgan fingerprint density at radius 3 is 2.31 bits per heavy atom. The van der Waals surface area contributed by atoms with Crippen LogP contribution in [0.4, 0.5) is 5.69 Å². The Hall–Kier alpha value is -2.04. The van der Waals surface area contributed by atoms with Crippen LogP contribution in [0.25, 0.3) is 0 Å². The first-order valence-corrected chi connectivity index (χ1v) is 9.90. The van der Waals surface area contributed by atoms with Crippen LogP contribution in [0.2, 0.25) is 0 Å². The van der Waals surface area contributed by atoms with Gasteiger partial charge in [0.25, 0.3) is 5.91 Å². The number of benzene rings is 1. The van der Waals surface area contributed by atoms with Gasteiger partial charge in [0.1, 0.15) is 0 Å². The van der Waals surface area contributed by atoms with Crippen molar-refractivity contribution in [2.24, 2.45) is 11.3 Å². The molecule has 1 heterocycles. The van der Waals surface area contributed by atoms with Crippen molar-refractivity contribution in [3.05, 3.63) is 29.8 Å². The number of likely N-dealkylation sites (tertiary alicyclic amines) is 1. The Bertz CT molecular complexity index is 646. The lowest BCUT2D eigenvalue weighted by molar-refractivity contribution is -0.127. The van der Waals surface area contributed by atoms with E-state index in [9.17, 15) is 9.59 Å². The molecule has 1 aromatic rings.